The Balaban J connectivity index is 1.29. The molecule has 5 N–H and O–H groups in total. The van der Waals surface area contributed by atoms with Crippen LogP contribution < -0.4 is 27.0 Å². The maximum atomic E-state index is 9.96. The normalized spacial score (nSPS) is 17.0. The zero-order chi connectivity index (χ0) is 28.8. The van der Waals surface area contributed by atoms with Crippen molar-refractivity contribution in [1.29, 1.82) is 5.26 Å². The summed E-state index contributed by atoms with van der Waals surface area (Å²) in [5.74, 6) is 0. The lowest BCUT2D eigenvalue weighted by Crippen LogP contribution is -2.46. The Morgan fingerprint density at radius 1 is 1.10 bits per heavy atom. The summed E-state index contributed by atoms with van der Waals surface area (Å²) in [7, 11) is 0. The van der Waals surface area contributed by atoms with Crippen LogP contribution in [-0.2, 0) is 17.8 Å². The molecule has 11 heteroatoms. The van der Waals surface area contributed by atoms with Crippen LogP contribution in [0.25, 0.3) is 10.9 Å². The summed E-state index contributed by atoms with van der Waals surface area (Å²) in [6.07, 6.45) is 3.45. The zero-order valence-corrected chi connectivity index (χ0v) is 24.3. The maximum Gasteiger partial charge on any atom is 0.103 e. The van der Waals surface area contributed by atoms with Gasteiger partial charge in [-0.25, -0.2) is 0 Å². The van der Waals surface area contributed by atoms with Crippen molar-refractivity contribution in [2.24, 2.45) is 0 Å². The second-order valence-electron chi connectivity index (χ2n) is 10.8. The van der Waals surface area contributed by atoms with Gasteiger partial charge in [-0.05, 0) is 53.4 Å². The number of benzene rings is 3. The molecule has 3 aliphatic heterocycles. The van der Waals surface area contributed by atoms with Crippen LogP contribution in [0.5, 0.6) is 0 Å². The van der Waals surface area contributed by atoms with Crippen molar-refractivity contribution >= 4 is 51.2 Å². The van der Waals surface area contributed by atoms with E-state index in [0.717, 1.165) is 54.3 Å². The molecule has 7 rings (SSSR count). The van der Waals surface area contributed by atoms with Crippen molar-refractivity contribution in [3.8, 4) is 6.07 Å². The molecule has 9 nitrogen and oxygen atoms in total. The van der Waals surface area contributed by atoms with Crippen molar-refractivity contribution in [3.63, 3.8) is 0 Å². The number of halogens is 2. The largest absolute Gasteiger partial charge is 0.378 e. The van der Waals surface area contributed by atoms with Crippen LogP contribution in [0.1, 0.15) is 33.9 Å². The van der Waals surface area contributed by atoms with Gasteiger partial charge in [-0.3, -0.25) is 9.88 Å². The molecule has 0 amide bonds. The van der Waals surface area contributed by atoms with Gasteiger partial charge in [-0.15, -0.1) is 0 Å². The highest BCUT2D eigenvalue weighted by molar-refractivity contribution is 6.36. The molecule has 1 fully saturated rings. The second kappa shape index (κ2) is 11.0. The highest BCUT2D eigenvalue weighted by atomic mass is 35.5. The molecule has 1 atom stereocenters. The molecular formula is C31H28Cl2N8O. The lowest BCUT2D eigenvalue weighted by atomic mass is 9.95. The minimum atomic E-state index is -0.215. The van der Waals surface area contributed by atoms with Crippen LogP contribution in [0.15, 0.2) is 66.6 Å². The summed E-state index contributed by atoms with van der Waals surface area (Å²) >= 11 is 13.2. The molecular weight excluding hydrogens is 571 g/mol. The van der Waals surface area contributed by atoms with E-state index in [9.17, 15) is 5.26 Å². The smallest absolute Gasteiger partial charge is 0.103 e. The predicted molar refractivity (Wildman–Crippen MR) is 165 cm³/mol. The Kier molecular flexibility index (Phi) is 7.02. The van der Waals surface area contributed by atoms with E-state index < -0.39 is 0 Å². The number of nitrogens with zero attached hydrogens (tertiary/aromatic N) is 3. The minimum Gasteiger partial charge on any atom is -0.378 e. The molecule has 212 valence electrons. The van der Waals surface area contributed by atoms with E-state index in [1.807, 2.05) is 43.5 Å². The van der Waals surface area contributed by atoms with E-state index in [1.165, 1.54) is 16.7 Å². The van der Waals surface area contributed by atoms with E-state index >= 15 is 0 Å². The third kappa shape index (κ3) is 4.87. The zero-order valence-electron chi connectivity index (χ0n) is 22.8. The van der Waals surface area contributed by atoms with Gasteiger partial charge in [0.05, 0.1) is 52.8 Å². The van der Waals surface area contributed by atoms with E-state index in [0.29, 0.717) is 32.9 Å². The number of rotatable bonds is 7. The van der Waals surface area contributed by atoms with Gasteiger partial charge in [0.15, 0.2) is 0 Å². The van der Waals surface area contributed by atoms with Gasteiger partial charge in [0, 0.05) is 47.3 Å². The summed E-state index contributed by atoms with van der Waals surface area (Å²) in [5.41, 5.74) is 18.1. The molecule has 4 heterocycles. The third-order valence-corrected chi connectivity index (χ3v) is 8.80. The maximum absolute atomic E-state index is 9.96. The van der Waals surface area contributed by atoms with Crippen LogP contribution in [0.3, 0.4) is 0 Å². The number of ether oxygens (including phenoxy) is 1. The fourth-order valence-corrected chi connectivity index (χ4v) is 6.17. The van der Waals surface area contributed by atoms with E-state index in [-0.39, 0.29) is 6.04 Å². The molecule has 3 aromatic carbocycles. The summed E-state index contributed by atoms with van der Waals surface area (Å²) in [5, 5.41) is 18.9. The van der Waals surface area contributed by atoms with Crippen molar-refractivity contribution in [1.82, 2.24) is 26.3 Å². The first-order chi connectivity index (χ1) is 20.5. The van der Waals surface area contributed by atoms with Gasteiger partial charge in [0.25, 0.3) is 0 Å². The summed E-state index contributed by atoms with van der Waals surface area (Å²) in [6.45, 7) is 5.29. The SMILES string of the molecule is Cc1ccc(Nc2c(C#N)cnc3c(Cl)cc(N[C@H](C4=CNNN4)c4cccc5c4CN(C4COC4)C5)cc23)cc1Cl. The summed E-state index contributed by atoms with van der Waals surface area (Å²) in [4.78, 5) is 7.00. The third-order valence-electron chi connectivity index (χ3n) is 8.11. The number of hydrazine groups is 2. The number of anilines is 3. The minimum absolute atomic E-state index is 0.215. The summed E-state index contributed by atoms with van der Waals surface area (Å²) < 4.78 is 5.47. The van der Waals surface area contributed by atoms with Crippen molar-refractivity contribution in [3.05, 3.63) is 104 Å². The number of hydrogen-bond acceptors (Lipinski definition) is 9. The first kappa shape index (κ1) is 26.8. The van der Waals surface area contributed by atoms with Gasteiger partial charge in [0.1, 0.15) is 6.07 Å². The molecule has 1 saturated heterocycles. The standard InChI is InChI=1S/C31H28Cl2N8O/c1-17-5-6-20(8-26(17)32)37-29-19(10-34)11-35-30-24(29)7-21(9-27(30)33)38-31(28-12-36-40-39-28)23-4-2-3-18-13-41(14-25(18)23)22-15-42-16-22/h2-9,11-12,22,31,36,38-40H,13-16H2,1H3,(H,35,37)/t31-/m0/s1. The van der Waals surface area contributed by atoms with Gasteiger partial charge < -0.3 is 26.2 Å². The van der Waals surface area contributed by atoms with Crippen LogP contribution >= 0.6 is 23.2 Å². The van der Waals surface area contributed by atoms with Crippen molar-refractivity contribution < 1.29 is 4.74 Å². The fourth-order valence-electron chi connectivity index (χ4n) is 5.72. The number of hydrogen-bond donors (Lipinski definition) is 5. The number of pyridine rings is 1. The second-order valence-corrected chi connectivity index (χ2v) is 11.6. The Bertz CT molecular complexity index is 1780. The number of fused-ring (bicyclic) bond motifs is 2. The Morgan fingerprint density at radius 3 is 2.69 bits per heavy atom. The van der Waals surface area contributed by atoms with Gasteiger partial charge >= 0.3 is 0 Å². The van der Waals surface area contributed by atoms with Gasteiger partial charge in [-0.2, -0.15) is 10.8 Å². The van der Waals surface area contributed by atoms with Gasteiger partial charge in [0.2, 0.25) is 0 Å². The monoisotopic (exact) mass is 598 g/mol. The average molecular weight is 600 g/mol. The Hall–Kier alpha value is -4.04. The average Bonchev–Trinajstić information content (AvgIpc) is 3.64. The van der Waals surface area contributed by atoms with Crippen LogP contribution in [0.4, 0.5) is 17.1 Å². The quantitative estimate of drug-likeness (QED) is 0.181. The molecule has 0 spiro atoms. The lowest BCUT2D eigenvalue weighted by molar-refractivity contribution is -0.0670. The first-order valence-electron chi connectivity index (χ1n) is 13.7. The fraction of sp³-hybridized carbons (Fsp3) is 0.226. The molecule has 42 heavy (non-hydrogen) atoms. The predicted octanol–water partition coefficient (Wildman–Crippen LogP) is 5.79. The number of aromatic nitrogens is 1. The molecule has 0 radical (unpaired) electrons. The lowest BCUT2D eigenvalue weighted by Gasteiger charge is -2.34. The highest BCUT2D eigenvalue weighted by Gasteiger charge is 2.34. The van der Waals surface area contributed by atoms with Crippen molar-refractivity contribution in [2.75, 3.05) is 23.8 Å². The Morgan fingerprint density at radius 2 is 1.95 bits per heavy atom. The Labute approximate surface area is 253 Å². The van der Waals surface area contributed by atoms with Crippen LogP contribution in [0.2, 0.25) is 10.0 Å². The first-order valence-corrected chi connectivity index (χ1v) is 14.4. The molecule has 0 aliphatic carbocycles. The molecule has 0 unspecified atom stereocenters. The van der Waals surface area contributed by atoms with Crippen molar-refractivity contribution in [2.45, 2.75) is 32.1 Å². The molecule has 0 saturated carbocycles. The van der Waals surface area contributed by atoms with E-state index in [4.69, 9.17) is 27.9 Å². The molecule has 3 aliphatic rings. The number of aryl methyl sites for hydroxylation is 1. The number of nitrogens with one attached hydrogen (secondary N) is 5. The highest BCUT2D eigenvalue weighted by Crippen LogP contribution is 2.39. The summed E-state index contributed by atoms with van der Waals surface area (Å²) in [6, 6.07) is 18.6. The number of nitriles is 1. The topological polar surface area (TPSA) is 109 Å². The molecule has 1 aromatic heterocycles. The van der Waals surface area contributed by atoms with Crippen LogP contribution in [0, 0.1) is 18.3 Å². The molecule has 0 bridgehead atoms. The van der Waals surface area contributed by atoms with Gasteiger partial charge in [-0.1, -0.05) is 47.5 Å². The van der Waals surface area contributed by atoms with E-state index in [2.05, 4.69) is 61.2 Å². The van der Waals surface area contributed by atoms with Crippen LogP contribution in [-0.4, -0.2) is 29.1 Å². The van der Waals surface area contributed by atoms with E-state index in [1.54, 1.807) is 6.20 Å². The molecule has 4 aromatic rings.